The van der Waals surface area contributed by atoms with Gasteiger partial charge in [0.25, 0.3) is 5.56 Å². The molecule has 2 unspecified atom stereocenters. The van der Waals surface area contributed by atoms with Crippen LogP contribution < -0.4 is 10.3 Å². The van der Waals surface area contributed by atoms with Gasteiger partial charge in [-0.2, -0.15) is 5.10 Å². The zero-order valence-electron chi connectivity index (χ0n) is 16.6. The molecule has 0 amide bonds. The molecule has 2 aromatic carbocycles. The van der Waals surface area contributed by atoms with Crippen LogP contribution in [0, 0.1) is 11.6 Å². The fourth-order valence-electron chi connectivity index (χ4n) is 3.46. The summed E-state index contributed by atoms with van der Waals surface area (Å²) in [6, 6.07) is 6.42. The monoisotopic (exact) mass is 428 g/mol. The lowest BCUT2D eigenvalue weighted by molar-refractivity contribution is -0.0390. The number of rotatable bonds is 6. The van der Waals surface area contributed by atoms with Crippen molar-refractivity contribution in [2.45, 2.75) is 25.1 Å². The van der Waals surface area contributed by atoms with Gasteiger partial charge in [-0.25, -0.2) is 23.1 Å². The van der Waals surface area contributed by atoms with E-state index in [0.29, 0.717) is 17.3 Å². The summed E-state index contributed by atoms with van der Waals surface area (Å²) in [5, 5.41) is 23.8. The van der Waals surface area contributed by atoms with E-state index in [1.165, 1.54) is 37.4 Å². The predicted octanol–water partition coefficient (Wildman–Crippen LogP) is 1.82. The molecule has 0 aliphatic heterocycles. The van der Waals surface area contributed by atoms with Gasteiger partial charge in [0.05, 0.1) is 25.1 Å². The summed E-state index contributed by atoms with van der Waals surface area (Å²) < 4.78 is 35.6. The molecule has 160 valence electrons. The third-order valence-electron chi connectivity index (χ3n) is 5.22. The first-order valence-electron chi connectivity index (χ1n) is 9.27. The number of benzene rings is 2. The lowest BCUT2D eigenvalue weighted by atomic mass is 9.86. The van der Waals surface area contributed by atoms with Crippen molar-refractivity contribution in [1.82, 2.24) is 29.8 Å². The van der Waals surface area contributed by atoms with Crippen LogP contribution >= 0.6 is 0 Å². The van der Waals surface area contributed by atoms with E-state index >= 15 is 0 Å². The predicted molar refractivity (Wildman–Crippen MR) is 105 cm³/mol. The first-order valence-corrected chi connectivity index (χ1v) is 9.27. The highest BCUT2D eigenvalue weighted by atomic mass is 19.1. The summed E-state index contributed by atoms with van der Waals surface area (Å²) >= 11 is 0. The Labute approximate surface area is 174 Å². The number of aromatic nitrogens is 6. The maximum Gasteiger partial charge on any atom is 0.278 e. The maximum atomic E-state index is 14.7. The molecule has 0 fully saturated rings. The fourth-order valence-corrected chi connectivity index (χ4v) is 3.46. The molecular weight excluding hydrogens is 410 g/mol. The average molecular weight is 428 g/mol. The normalized spacial score (nSPS) is 14.4. The van der Waals surface area contributed by atoms with Crippen molar-refractivity contribution in [1.29, 1.82) is 0 Å². The zero-order chi connectivity index (χ0) is 22.2. The molecule has 2 atom stereocenters. The van der Waals surface area contributed by atoms with Gasteiger partial charge in [0.1, 0.15) is 41.2 Å². The molecule has 0 radical (unpaired) electrons. The first kappa shape index (κ1) is 20.5. The van der Waals surface area contributed by atoms with Gasteiger partial charge in [0.15, 0.2) is 0 Å². The Morgan fingerprint density at radius 2 is 2.03 bits per heavy atom. The van der Waals surface area contributed by atoms with Crippen molar-refractivity contribution in [3.8, 4) is 5.75 Å². The molecule has 11 heteroatoms. The van der Waals surface area contributed by atoms with Crippen molar-refractivity contribution in [2.24, 2.45) is 0 Å². The Kier molecular flexibility index (Phi) is 5.19. The van der Waals surface area contributed by atoms with E-state index in [0.717, 1.165) is 16.8 Å². The lowest BCUT2D eigenvalue weighted by Crippen LogP contribution is -2.44. The third-order valence-corrected chi connectivity index (χ3v) is 5.22. The number of ether oxygens (including phenoxy) is 1. The van der Waals surface area contributed by atoms with Crippen LogP contribution in [-0.2, 0) is 12.1 Å². The molecule has 9 nitrogen and oxygen atoms in total. The molecule has 0 spiro atoms. The molecule has 4 aromatic rings. The Morgan fingerprint density at radius 3 is 2.71 bits per heavy atom. The van der Waals surface area contributed by atoms with E-state index in [-0.39, 0.29) is 17.5 Å². The summed E-state index contributed by atoms with van der Waals surface area (Å²) in [5.41, 5.74) is -2.49. The highest BCUT2D eigenvalue weighted by Gasteiger charge is 2.41. The van der Waals surface area contributed by atoms with Gasteiger partial charge in [-0.15, -0.1) is 5.10 Å². The Morgan fingerprint density at radius 1 is 1.23 bits per heavy atom. The van der Waals surface area contributed by atoms with Crippen molar-refractivity contribution >= 4 is 10.9 Å². The van der Waals surface area contributed by atoms with Gasteiger partial charge >= 0.3 is 0 Å². The van der Waals surface area contributed by atoms with E-state index in [4.69, 9.17) is 4.74 Å². The van der Waals surface area contributed by atoms with Crippen LogP contribution in [0.3, 0.4) is 0 Å². The van der Waals surface area contributed by atoms with E-state index < -0.39 is 28.8 Å². The Balaban J connectivity index is 1.89. The highest BCUT2D eigenvalue weighted by molar-refractivity contribution is 5.78. The number of aliphatic hydroxyl groups is 1. The SMILES string of the molecule is COc1ccc2nnn(C(C)C(O)(Cn3cncn3)c3ccc(F)cc3F)c(=O)c2c1. The van der Waals surface area contributed by atoms with Crippen molar-refractivity contribution < 1.29 is 18.6 Å². The zero-order valence-corrected chi connectivity index (χ0v) is 16.6. The van der Waals surface area contributed by atoms with E-state index in [1.54, 1.807) is 12.1 Å². The largest absolute Gasteiger partial charge is 0.497 e. The summed E-state index contributed by atoms with van der Waals surface area (Å²) in [7, 11) is 1.46. The summed E-state index contributed by atoms with van der Waals surface area (Å²) in [6.45, 7) is 1.21. The molecule has 0 saturated carbocycles. The quantitative estimate of drug-likeness (QED) is 0.499. The van der Waals surface area contributed by atoms with Gasteiger partial charge in [-0.1, -0.05) is 11.3 Å². The molecule has 31 heavy (non-hydrogen) atoms. The number of hydrogen-bond donors (Lipinski definition) is 1. The van der Waals surface area contributed by atoms with Crippen molar-refractivity contribution in [2.75, 3.05) is 7.11 Å². The van der Waals surface area contributed by atoms with Crippen LogP contribution in [0.4, 0.5) is 8.78 Å². The molecule has 0 aliphatic carbocycles. The summed E-state index contributed by atoms with van der Waals surface area (Å²) in [5.74, 6) is -1.33. The van der Waals surface area contributed by atoms with E-state index in [2.05, 4.69) is 20.4 Å². The van der Waals surface area contributed by atoms with Gasteiger partial charge in [0, 0.05) is 11.6 Å². The van der Waals surface area contributed by atoms with Crippen LogP contribution in [0.15, 0.2) is 53.8 Å². The molecule has 2 aromatic heterocycles. The molecular formula is C20H18F2N6O3. The number of fused-ring (bicyclic) bond motifs is 1. The standard InChI is InChI=1S/C20H18F2N6O3/c1-12(28-19(29)15-8-14(31-2)4-6-18(15)25-26-28)20(30,9-27-11-23-10-24-27)16-5-3-13(21)7-17(16)22/h3-8,10-12,30H,9H2,1-2H3. The van der Waals surface area contributed by atoms with Crippen LogP contribution in [0.2, 0.25) is 0 Å². The lowest BCUT2D eigenvalue weighted by Gasteiger charge is -2.34. The molecule has 2 heterocycles. The minimum atomic E-state index is -2.05. The smallest absolute Gasteiger partial charge is 0.278 e. The fraction of sp³-hybridized carbons (Fsp3) is 0.250. The molecule has 1 N–H and O–H groups in total. The second-order valence-corrected chi connectivity index (χ2v) is 7.04. The highest BCUT2D eigenvalue weighted by Crippen LogP contribution is 2.35. The minimum Gasteiger partial charge on any atom is -0.497 e. The number of hydrogen-bond acceptors (Lipinski definition) is 7. The van der Waals surface area contributed by atoms with Crippen molar-refractivity contribution in [3.05, 3.63) is 76.6 Å². The Hall–Kier alpha value is -3.73. The first-order chi connectivity index (χ1) is 14.8. The molecule has 0 saturated heterocycles. The summed E-state index contributed by atoms with van der Waals surface area (Å²) in [6.07, 6.45) is 2.58. The molecule has 0 bridgehead atoms. The van der Waals surface area contributed by atoms with Gasteiger partial charge in [-0.3, -0.25) is 4.79 Å². The third kappa shape index (κ3) is 3.63. The topological polar surface area (TPSA) is 108 Å². The van der Waals surface area contributed by atoms with Gasteiger partial charge in [-0.05, 0) is 31.2 Å². The second kappa shape index (κ2) is 7.84. The maximum absolute atomic E-state index is 14.7. The van der Waals surface area contributed by atoms with Crippen LogP contribution in [0.1, 0.15) is 18.5 Å². The van der Waals surface area contributed by atoms with E-state index in [1.807, 2.05) is 0 Å². The minimum absolute atomic E-state index is 0.212. The molecule has 0 aliphatic rings. The number of halogens is 2. The van der Waals surface area contributed by atoms with Crippen molar-refractivity contribution in [3.63, 3.8) is 0 Å². The molecule has 4 rings (SSSR count). The van der Waals surface area contributed by atoms with Gasteiger partial charge < -0.3 is 9.84 Å². The van der Waals surface area contributed by atoms with Crippen LogP contribution in [-0.4, -0.2) is 42.0 Å². The number of nitrogens with zero attached hydrogens (tertiary/aromatic N) is 6. The van der Waals surface area contributed by atoms with Crippen LogP contribution in [0.5, 0.6) is 5.75 Å². The Bertz CT molecular complexity index is 1290. The number of methoxy groups -OCH3 is 1. The van der Waals surface area contributed by atoms with Crippen LogP contribution in [0.25, 0.3) is 10.9 Å². The summed E-state index contributed by atoms with van der Waals surface area (Å²) in [4.78, 5) is 17.0. The average Bonchev–Trinajstić information content (AvgIpc) is 3.26. The second-order valence-electron chi connectivity index (χ2n) is 7.04. The van der Waals surface area contributed by atoms with E-state index in [9.17, 15) is 18.7 Å². The van der Waals surface area contributed by atoms with Gasteiger partial charge in [0.2, 0.25) is 0 Å².